The van der Waals surface area contributed by atoms with Gasteiger partial charge in [-0.3, -0.25) is 9.59 Å². The van der Waals surface area contributed by atoms with Crippen LogP contribution in [0.25, 0.3) is 0 Å². The number of rotatable bonds is 6. The van der Waals surface area contributed by atoms with Crippen molar-refractivity contribution in [2.45, 2.75) is 31.2 Å². The van der Waals surface area contributed by atoms with Gasteiger partial charge in [0.15, 0.2) is 0 Å². The highest BCUT2D eigenvalue weighted by Gasteiger charge is 2.29. The minimum Gasteiger partial charge on any atom is -0.469 e. The number of carbonyl (C=O) groups excluding carboxylic acids is 2. The lowest BCUT2D eigenvalue weighted by molar-refractivity contribution is -0.129. The largest absolute Gasteiger partial charge is 0.469 e. The summed E-state index contributed by atoms with van der Waals surface area (Å²) in [6, 6.07) is 9.47. The molecule has 1 atom stereocenters. The van der Waals surface area contributed by atoms with E-state index in [1.54, 1.807) is 29.4 Å². The van der Waals surface area contributed by atoms with Gasteiger partial charge < -0.3 is 14.6 Å². The average molecular weight is 420 g/mol. The summed E-state index contributed by atoms with van der Waals surface area (Å²) in [6.45, 7) is 4.52. The number of benzene rings is 1. The van der Waals surface area contributed by atoms with Crippen LogP contribution >= 0.6 is 0 Å². The molecule has 8 nitrogen and oxygen atoms in total. The highest BCUT2D eigenvalue weighted by Crippen LogP contribution is 2.19. The first-order valence-electron chi connectivity index (χ1n) is 9.46. The minimum absolute atomic E-state index is 0.0654. The van der Waals surface area contributed by atoms with E-state index in [0.717, 1.165) is 5.76 Å². The average Bonchev–Trinajstić information content (AvgIpc) is 3.21. The molecule has 0 spiro atoms. The maximum absolute atomic E-state index is 13.0. The van der Waals surface area contributed by atoms with Gasteiger partial charge in [0.1, 0.15) is 5.76 Å². The van der Waals surface area contributed by atoms with E-state index in [1.807, 2.05) is 13.0 Å². The Morgan fingerprint density at radius 1 is 1.14 bits per heavy atom. The molecule has 1 unspecified atom stereocenters. The van der Waals surface area contributed by atoms with Crippen LogP contribution in [0.3, 0.4) is 0 Å². The summed E-state index contributed by atoms with van der Waals surface area (Å²) in [5.74, 6) is 0.353. The Morgan fingerprint density at radius 3 is 2.48 bits per heavy atom. The van der Waals surface area contributed by atoms with Crippen molar-refractivity contribution in [1.29, 1.82) is 0 Å². The number of nitrogens with one attached hydrogen (secondary N) is 1. The maximum Gasteiger partial charge on any atom is 0.251 e. The van der Waals surface area contributed by atoms with E-state index >= 15 is 0 Å². The van der Waals surface area contributed by atoms with Crippen molar-refractivity contribution >= 4 is 21.8 Å². The quantitative estimate of drug-likeness (QED) is 0.765. The summed E-state index contributed by atoms with van der Waals surface area (Å²) < 4.78 is 32.5. The van der Waals surface area contributed by atoms with Crippen molar-refractivity contribution in [2.75, 3.05) is 26.2 Å². The SMILES string of the molecule is CC(=O)N1CCN(S(=O)(=O)c2cccc(C(=O)NC(C)Cc3ccco3)c2)CC1. The summed E-state index contributed by atoms with van der Waals surface area (Å²) in [7, 11) is -3.74. The summed E-state index contributed by atoms with van der Waals surface area (Å²) in [5.41, 5.74) is 0.278. The molecule has 1 aromatic heterocycles. The summed E-state index contributed by atoms with van der Waals surface area (Å²) >= 11 is 0. The molecule has 156 valence electrons. The van der Waals surface area contributed by atoms with Gasteiger partial charge in [0.25, 0.3) is 5.91 Å². The van der Waals surface area contributed by atoms with E-state index in [9.17, 15) is 18.0 Å². The predicted octanol–water partition coefficient (Wildman–Crippen LogP) is 1.49. The van der Waals surface area contributed by atoms with Gasteiger partial charge in [-0.25, -0.2) is 8.42 Å². The Labute approximate surface area is 170 Å². The zero-order chi connectivity index (χ0) is 21.0. The topological polar surface area (TPSA) is 99.9 Å². The van der Waals surface area contributed by atoms with E-state index in [4.69, 9.17) is 4.42 Å². The third kappa shape index (κ3) is 5.04. The highest BCUT2D eigenvalue weighted by molar-refractivity contribution is 7.89. The van der Waals surface area contributed by atoms with E-state index in [1.165, 1.54) is 23.4 Å². The third-order valence-electron chi connectivity index (χ3n) is 4.88. The molecule has 3 rings (SSSR count). The molecule has 1 N–H and O–H groups in total. The monoisotopic (exact) mass is 419 g/mol. The van der Waals surface area contributed by atoms with Crippen LogP contribution in [-0.2, 0) is 21.2 Å². The summed E-state index contributed by atoms with van der Waals surface area (Å²) in [5, 5.41) is 2.86. The van der Waals surface area contributed by atoms with Gasteiger partial charge in [-0.2, -0.15) is 4.31 Å². The molecule has 2 amide bonds. The Morgan fingerprint density at radius 2 is 1.86 bits per heavy atom. The first-order chi connectivity index (χ1) is 13.8. The van der Waals surface area contributed by atoms with E-state index in [0.29, 0.717) is 19.5 Å². The van der Waals surface area contributed by atoms with Crippen LogP contribution in [0, 0.1) is 0 Å². The Bertz CT molecular complexity index is 964. The van der Waals surface area contributed by atoms with Crippen LogP contribution in [0.4, 0.5) is 0 Å². The number of nitrogens with zero attached hydrogens (tertiary/aromatic N) is 2. The number of furan rings is 1. The number of hydrogen-bond donors (Lipinski definition) is 1. The molecule has 0 radical (unpaired) electrons. The van der Waals surface area contributed by atoms with Gasteiger partial charge in [-0.05, 0) is 37.3 Å². The molecular weight excluding hydrogens is 394 g/mol. The Hall–Kier alpha value is -2.65. The normalized spacial score (nSPS) is 16.4. The first kappa shape index (κ1) is 21.1. The molecule has 29 heavy (non-hydrogen) atoms. The molecule has 0 bridgehead atoms. The molecule has 1 saturated heterocycles. The van der Waals surface area contributed by atoms with E-state index < -0.39 is 10.0 Å². The van der Waals surface area contributed by atoms with Crippen LogP contribution in [0.15, 0.2) is 52.0 Å². The number of sulfonamides is 1. The number of piperazine rings is 1. The van der Waals surface area contributed by atoms with Gasteiger partial charge in [-0.15, -0.1) is 0 Å². The van der Waals surface area contributed by atoms with Crippen molar-refractivity contribution in [3.63, 3.8) is 0 Å². The molecule has 9 heteroatoms. The second-order valence-electron chi connectivity index (χ2n) is 7.10. The standard InChI is InChI=1S/C20H25N3O5S/c1-15(13-18-6-4-12-28-18)21-20(25)17-5-3-7-19(14-17)29(26,27)23-10-8-22(9-11-23)16(2)24/h3-7,12,14-15H,8-11,13H2,1-2H3,(H,21,25). The zero-order valence-corrected chi connectivity index (χ0v) is 17.3. The van der Waals surface area contributed by atoms with Crippen molar-refractivity contribution in [2.24, 2.45) is 0 Å². The smallest absolute Gasteiger partial charge is 0.251 e. The van der Waals surface area contributed by atoms with Crippen LogP contribution in [0.1, 0.15) is 30.0 Å². The van der Waals surface area contributed by atoms with Crippen LogP contribution in [0.2, 0.25) is 0 Å². The minimum atomic E-state index is -3.74. The maximum atomic E-state index is 13.0. The van der Waals surface area contributed by atoms with E-state index in [-0.39, 0.29) is 41.4 Å². The molecule has 2 aromatic rings. The van der Waals surface area contributed by atoms with Crippen LogP contribution in [-0.4, -0.2) is 61.7 Å². The molecule has 0 saturated carbocycles. The van der Waals surface area contributed by atoms with E-state index in [2.05, 4.69) is 5.32 Å². The first-order valence-corrected chi connectivity index (χ1v) is 10.9. The van der Waals surface area contributed by atoms with Gasteiger partial charge in [0.05, 0.1) is 11.2 Å². The van der Waals surface area contributed by atoms with Crippen molar-refractivity contribution in [3.05, 3.63) is 54.0 Å². The lowest BCUT2D eigenvalue weighted by Crippen LogP contribution is -2.49. The molecule has 1 aliphatic rings. The number of carbonyl (C=O) groups is 2. The van der Waals surface area contributed by atoms with Gasteiger partial charge >= 0.3 is 0 Å². The lowest BCUT2D eigenvalue weighted by Gasteiger charge is -2.33. The highest BCUT2D eigenvalue weighted by atomic mass is 32.2. The Balaban J connectivity index is 1.68. The molecule has 2 heterocycles. The molecular formula is C20H25N3O5S. The fourth-order valence-electron chi connectivity index (χ4n) is 3.28. The van der Waals surface area contributed by atoms with Gasteiger partial charge in [0, 0.05) is 51.1 Å². The fraction of sp³-hybridized carbons (Fsp3) is 0.400. The second kappa shape index (κ2) is 8.79. The number of amides is 2. The predicted molar refractivity (Wildman–Crippen MR) is 107 cm³/mol. The third-order valence-corrected chi connectivity index (χ3v) is 6.78. The molecule has 0 aliphatic carbocycles. The fourth-order valence-corrected chi connectivity index (χ4v) is 4.75. The number of hydrogen-bond acceptors (Lipinski definition) is 5. The molecule has 1 aromatic carbocycles. The second-order valence-corrected chi connectivity index (χ2v) is 9.03. The lowest BCUT2D eigenvalue weighted by atomic mass is 10.1. The van der Waals surface area contributed by atoms with Crippen LogP contribution < -0.4 is 5.32 Å². The van der Waals surface area contributed by atoms with Crippen molar-refractivity contribution in [1.82, 2.24) is 14.5 Å². The van der Waals surface area contributed by atoms with Gasteiger partial charge in [0.2, 0.25) is 15.9 Å². The van der Waals surface area contributed by atoms with Gasteiger partial charge in [-0.1, -0.05) is 6.07 Å². The van der Waals surface area contributed by atoms with Crippen molar-refractivity contribution < 1.29 is 22.4 Å². The molecule has 1 aliphatic heterocycles. The zero-order valence-electron chi connectivity index (χ0n) is 16.5. The van der Waals surface area contributed by atoms with Crippen molar-refractivity contribution in [3.8, 4) is 0 Å². The summed E-state index contributed by atoms with van der Waals surface area (Å²) in [4.78, 5) is 25.7. The summed E-state index contributed by atoms with van der Waals surface area (Å²) in [6.07, 6.45) is 2.12. The molecule has 1 fully saturated rings. The van der Waals surface area contributed by atoms with Crippen LogP contribution in [0.5, 0.6) is 0 Å². The Kier molecular flexibility index (Phi) is 6.39.